The van der Waals surface area contributed by atoms with Crippen LogP contribution in [0.5, 0.6) is 0 Å². The van der Waals surface area contributed by atoms with Crippen LogP contribution in [-0.4, -0.2) is 27.4 Å². The number of para-hydroxylation sites is 2. The molecule has 1 atom stereocenters. The third-order valence-corrected chi connectivity index (χ3v) is 7.12. The van der Waals surface area contributed by atoms with Crippen LogP contribution in [0.4, 0.5) is 15.8 Å². The number of carbonyl (C=O) groups excluding carboxylic acids is 1. The maximum atomic E-state index is 14.1. The Balaban J connectivity index is 1.69. The minimum absolute atomic E-state index is 0.0312. The van der Waals surface area contributed by atoms with Gasteiger partial charge in [0.1, 0.15) is 5.82 Å². The Morgan fingerprint density at radius 3 is 2.50 bits per heavy atom. The Labute approximate surface area is 175 Å². The summed E-state index contributed by atoms with van der Waals surface area (Å²) in [4.78, 5) is 14.9. The average Bonchev–Trinajstić information content (AvgIpc) is 3.08. The van der Waals surface area contributed by atoms with Gasteiger partial charge in [0, 0.05) is 24.3 Å². The van der Waals surface area contributed by atoms with Crippen LogP contribution in [0.3, 0.4) is 0 Å². The fourth-order valence-corrected chi connectivity index (χ4v) is 5.05. The average molecular weight is 424 g/mol. The van der Waals surface area contributed by atoms with E-state index in [0.717, 1.165) is 22.0 Å². The molecule has 0 aromatic heterocycles. The first kappa shape index (κ1) is 20.1. The Hall–Kier alpha value is -3.19. The smallest absolute Gasteiger partial charge is 0.264 e. The Bertz CT molecular complexity index is 1230. The standard InChI is InChI=1S/C23H21FN2O3S/c1-16-14-17-8-3-5-12-21(17)26(16)23(27)18-9-7-10-19(15-18)30(28,29)25(2)22-13-6-4-11-20(22)24/h3-13,15-16H,14H2,1-2H3/t16-/m0/s1. The number of rotatable bonds is 4. The predicted molar refractivity (Wildman–Crippen MR) is 115 cm³/mol. The maximum Gasteiger partial charge on any atom is 0.264 e. The topological polar surface area (TPSA) is 57.7 Å². The highest BCUT2D eigenvalue weighted by Gasteiger charge is 2.32. The number of fused-ring (bicyclic) bond motifs is 1. The molecule has 0 radical (unpaired) electrons. The zero-order valence-corrected chi connectivity index (χ0v) is 17.4. The van der Waals surface area contributed by atoms with Crippen LogP contribution in [0.2, 0.25) is 0 Å². The molecule has 0 unspecified atom stereocenters. The van der Waals surface area contributed by atoms with Crippen molar-refractivity contribution < 1.29 is 17.6 Å². The Morgan fingerprint density at radius 1 is 1.03 bits per heavy atom. The van der Waals surface area contributed by atoms with E-state index in [1.54, 1.807) is 17.0 Å². The van der Waals surface area contributed by atoms with Gasteiger partial charge < -0.3 is 4.90 Å². The molecule has 1 heterocycles. The van der Waals surface area contributed by atoms with Crippen LogP contribution in [0.25, 0.3) is 0 Å². The van der Waals surface area contributed by atoms with Crippen molar-refractivity contribution in [2.45, 2.75) is 24.3 Å². The number of anilines is 2. The second-order valence-corrected chi connectivity index (χ2v) is 9.28. The molecule has 3 aromatic rings. The van der Waals surface area contributed by atoms with Gasteiger partial charge in [-0.1, -0.05) is 36.4 Å². The molecule has 30 heavy (non-hydrogen) atoms. The zero-order chi connectivity index (χ0) is 21.5. The third kappa shape index (κ3) is 3.35. The second kappa shape index (κ2) is 7.57. The van der Waals surface area contributed by atoms with E-state index < -0.39 is 15.8 Å². The number of sulfonamides is 1. The van der Waals surface area contributed by atoms with Crippen molar-refractivity contribution in [1.29, 1.82) is 0 Å². The van der Waals surface area contributed by atoms with E-state index in [1.165, 1.54) is 43.4 Å². The summed E-state index contributed by atoms with van der Waals surface area (Å²) in [6, 6.07) is 19.2. The molecule has 0 fully saturated rings. The van der Waals surface area contributed by atoms with Crippen LogP contribution in [0.15, 0.2) is 77.7 Å². The van der Waals surface area contributed by atoms with E-state index in [0.29, 0.717) is 0 Å². The third-order valence-electron chi connectivity index (χ3n) is 5.36. The summed E-state index contributed by atoms with van der Waals surface area (Å²) in [5.74, 6) is -0.906. The summed E-state index contributed by atoms with van der Waals surface area (Å²) < 4.78 is 41.2. The quantitative estimate of drug-likeness (QED) is 0.629. The van der Waals surface area contributed by atoms with E-state index in [2.05, 4.69) is 0 Å². The molecule has 4 rings (SSSR count). The SMILES string of the molecule is C[C@H]1Cc2ccccc2N1C(=O)c1cccc(S(=O)(=O)N(C)c2ccccc2F)c1. The number of amides is 1. The summed E-state index contributed by atoms with van der Waals surface area (Å²) in [5.41, 5.74) is 2.13. The second-order valence-electron chi connectivity index (χ2n) is 7.31. The lowest BCUT2D eigenvalue weighted by Gasteiger charge is -2.24. The molecule has 0 N–H and O–H groups in total. The van der Waals surface area contributed by atoms with E-state index in [1.807, 2.05) is 31.2 Å². The lowest BCUT2D eigenvalue weighted by Crippen LogP contribution is -2.36. The molecule has 1 aliphatic rings. The first-order valence-electron chi connectivity index (χ1n) is 9.55. The number of nitrogens with zero attached hydrogens (tertiary/aromatic N) is 2. The summed E-state index contributed by atoms with van der Waals surface area (Å²) in [6.45, 7) is 1.96. The highest BCUT2D eigenvalue weighted by Crippen LogP contribution is 2.33. The van der Waals surface area contributed by atoms with Crippen molar-refractivity contribution >= 4 is 27.3 Å². The zero-order valence-electron chi connectivity index (χ0n) is 16.6. The van der Waals surface area contributed by atoms with Crippen molar-refractivity contribution in [2.75, 3.05) is 16.3 Å². The molecule has 3 aromatic carbocycles. The van der Waals surface area contributed by atoms with Crippen molar-refractivity contribution in [3.05, 3.63) is 89.7 Å². The van der Waals surface area contributed by atoms with Gasteiger partial charge in [-0.3, -0.25) is 9.10 Å². The van der Waals surface area contributed by atoms with Crippen LogP contribution >= 0.6 is 0 Å². The van der Waals surface area contributed by atoms with Crippen LogP contribution in [-0.2, 0) is 16.4 Å². The van der Waals surface area contributed by atoms with Gasteiger partial charge in [-0.15, -0.1) is 0 Å². The maximum absolute atomic E-state index is 14.1. The van der Waals surface area contributed by atoms with Gasteiger partial charge in [-0.25, -0.2) is 12.8 Å². The van der Waals surface area contributed by atoms with Gasteiger partial charge in [-0.05, 0) is 55.3 Å². The van der Waals surface area contributed by atoms with Gasteiger partial charge in [0.25, 0.3) is 15.9 Å². The molecular weight excluding hydrogens is 403 g/mol. The van der Waals surface area contributed by atoms with Crippen molar-refractivity contribution in [3.63, 3.8) is 0 Å². The molecule has 5 nitrogen and oxygen atoms in total. The summed E-state index contributed by atoms with van der Waals surface area (Å²) in [5, 5.41) is 0. The first-order chi connectivity index (χ1) is 14.3. The molecule has 0 bridgehead atoms. The number of carbonyl (C=O) groups is 1. The van der Waals surface area contributed by atoms with Crippen LogP contribution in [0.1, 0.15) is 22.8 Å². The van der Waals surface area contributed by atoms with E-state index in [4.69, 9.17) is 0 Å². The summed E-state index contributed by atoms with van der Waals surface area (Å²) >= 11 is 0. The highest BCUT2D eigenvalue weighted by molar-refractivity contribution is 7.92. The predicted octanol–water partition coefficient (Wildman–Crippen LogP) is 4.24. The fourth-order valence-electron chi connectivity index (χ4n) is 3.80. The first-order valence-corrected chi connectivity index (χ1v) is 11.0. The van der Waals surface area contributed by atoms with Crippen molar-refractivity contribution in [3.8, 4) is 0 Å². The van der Waals surface area contributed by atoms with Crippen LogP contribution < -0.4 is 9.21 Å². The highest BCUT2D eigenvalue weighted by atomic mass is 32.2. The molecule has 0 saturated carbocycles. The van der Waals surface area contributed by atoms with Crippen molar-refractivity contribution in [1.82, 2.24) is 0 Å². The number of hydrogen-bond donors (Lipinski definition) is 0. The van der Waals surface area contributed by atoms with Gasteiger partial charge >= 0.3 is 0 Å². The lowest BCUT2D eigenvalue weighted by atomic mass is 10.1. The summed E-state index contributed by atoms with van der Waals surface area (Å²) in [7, 11) is -2.75. The molecule has 1 aliphatic heterocycles. The monoisotopic (exact) mass is 424 g/mol. The Kier molecular flexibility index (Phi) is 5.07. The van der Waals surface area contributed by atoms with Crippen molar-refractivity contribution in [2.24, 2.45) is 0 Å². The normalized spacial score (nSPS) is 15.7. The molecule has 7 heteroatoms. The fraction of sp³-hybridized carbons (Fsp3) is 0.174. The molecule has 0 spiro atoms. The Morgan fingerprint density at radius 2 is 1.73 bits per heavy atom. The largest absolute Gasteiger partial charge is 0.305 e. The molecule has 154 valence electrons. The van der Waals surface area contributed by atoms with Gasteiger partial charge in [0.2, 0.25) is 0 Å². The number of benzene rings is 3. The summed E-state index contributed by atoms with van der Waals surface area (Å²) in [6.07, 6.45) is 0.746. The molecule has 0 aliphatic carbocycles. The number of hydrogen-bond acceptors (Lipinski definition) is 3. The molecule has 0 saturated heterocycles. The van der Waals surface area contributed by atoms with E-state index >= 15 is 0 Å². The van der Waals surface area contributed by atoms with E-state index in [9.17, 15) is 17.6 Å². The minimum atomic E-state index is -4.05. The minimum Gasteiger partial charge on any atom is -0.305 e. The van der Waals surface area contributed by atoms with Gasteiger partial charge in [0.15, 0.2) is 0 Å². The molecule has 1 amide bonds. The van der Waals surface area contributed by atoms with Gasteiger partial charge in [0.05, 0.1) is 10.6 Å². The number of halogens is 1. The van der Waals surface area contributed by atoms with E-state index in [-0.39, 0.29) is 28.1 Å². The lowest BCUT2D eigenvalue weighted by molar-refractivity contribution is 0.0981. The molecular formula is C23H21FN2O3S. The van der Waals surface area contributed by atoms with Gasteiger partial charge in [-0.2, -0.15) is 0 Å². The van der Waals surface area contributed by atoms with Crippen LogP contribution in [0, 0.1) is 5.82 Å².